The molecule has 6 nitrogen and oxygen atoms in total. The van der Waals surface area contributed by atoms with Gasteiger partial charge in [-0.25, -0.2) is 4.98 Å². The van der Waals surface area contributed by atoms with Crippen LogP contribution in [0.3, 0.4) is 0 Å². The zero-order valence-electron chi connectivity index (χ0n) is 12.0. The Kier molecular flexibility index (Phi) is 3.82. The van der Waals surface area contributed by atoms with Crippen LogP contribution < -0.4 is 5.32 Å². The first-order chi connectivity index (χ1) is 9.72. The van der Waals surface area contributed by atoms with Gasteiger partial charge >= 0.3 is 0 Å². The van der Waals surface area contributed by atoms with E-state index in [1.54, 1.807) is 0 Å². The molecule has 108 valence electrons. The number of rotatable bonds is 7. The van der Waals surface area contributed by atoms with E-state index in [1.807, 2.05) is 19.3 Å². The quantitative estimate of drug-likeness (QED) is 0.832. The Morgan fingerprint density at radius 1 is 1.50 bits per heavy atom. The molecule has 2 aromatic rings. The van der Waals surface area contributed by atoms with E-state index >= 15 is 0 Å². The molecular weight excluding hydrogens is 254 g/mol. The first-order valence-corrected chi connectivity index (χ1v) is 7.26. The third kappa shape index (κ3) is 3.25. The van der Waals surface area contributed by atoms with Gasteiger partial charge in [0.1, 0.15) is 5.82 Å². The molecular formula is C14H21N5O. The molecule has 0 bridgehead atoms. The second-order valence-electron chi connectivity index (χ2n) is 5.56. The number of aryl methyl sites for hydroxylation is 1. The van der Waals surface area contributed by atoms with Crippen molar-refractivity contribution in [1.29, 1.82) is 0 Å². The Bertz CT molecular complexity index is 557. The maximum Gasteiger partial charge on any atom is 0.229 e. The molecule has 2 aromatic heterocycles. The summed E-state index contributed by atoms with van der Waals surface area (Å²) in [6, 6.07) is 0.387. The van der Waals surface area contributed by atoms with E-state index in [0.717, 1.165) is 37.0 Å². The fraction of sp³-hybridized carbons (Fsp3) is 0.643. The van der Waals surface area contributed by atoms with Crippen LogP contribution in [-0.2, 0) is 13.0 Å². The van der Waals surface area contributed by atoms with E-state index < -0.39 is 0 Å². The van der Waals surface area contributed by atoms with E-state index in [9.17, 15) is 0 Å². The molecule has 0 spiro atoms. The van der Waals surface area contributed by atoms with Crippen molar-refractivity contribution in [2.24, 2.45) is 0 Å². The van der Waals surface area contributed by atoms with Crippen LogP contribution in [0, 0.1) is 6.92 Å². The number of hydrogen-bond donors (Lipinski definition) is 1. The highest BCUT2D eigenvalue weighted by molar-refractivity contribution is 5.01. The van der Waals surface area contributed by atoms with E-state index in [4.69, 9.17) is 4.52 Å². The van der Waals surface area contributed by atoms with Gasteiger partial charge in [0.2, 0.25) is 5.89 Å². The van der Waals surface area contributed by atoms with Crippen LogP contribution in [0.2, 0.25) is 0 Å². The molecule has 0 saturated heterocycles. The molecule has 1 fully saturated rings. The van der Waals surface area contributed by atoms with Crippen molar-refractivity contribution in [3.05, 3.63) is 29.9 Å². The molecule has 0 amide bonds. The van der Waals surface area contributed by atoms with Crippen molar-refractivity contribution < 1.29 is 4.52 Å². The van der Waals surface area contributed by atoms with Crippen LogP contribution in [0.4, 0.5) is 0 Å². The standard InChI is InChI=1S/C14H21N5O/c1-10(9-19-8-7-16-11(19)2)15-6-5-13-17-14(20-18-13)12-3-4-12/h7-8,10,12,15H,3-6,9H2,1-2H3/t10-/m1/s1. The van der Waals surface area contributed by atoms with Crippen molar-refractivity contribution in [3.8, 4) is 0 Å². The largest absolute Gasteiger partial charge is 0.339 e. The molecule has 0 unspecified atom stereocenters. The van der Waals surface area contributed by atoms with Gasteiger partial charge in [-0.2, -0.15) is 4.98 Å². The van der Waals surface area contributed by atoms with Gasteiger partial charge in [0, 0.05) is 43.9 Å². The monoisotopic (exact) mass is 275 g/mol. The topological polar surface area (TPSA) is 68.8 Å². The molecule has 1 atom stereocenters. The summed E-state index contributed by atoms with van der Waals surface area (Å²) < 4.78 is 7.40. The minimum Gasteiger partial charge on any atom is -0.339 e. The molecule has 1 aliphatic carbocycles. The highest BCUT2D eigenvalue weighted by Gasteiger charge is 2.29. The summed E-state index contributed by atoms with van der Waals surface area (Å²) in [5.74, 6) is 3.21. The van der Waals surface area contributed by atoms with E-state index in [0.29, 0.717) is 12.0 Å². The summed E-state index contributed by atoms with van der Waals surface area (Å²) in [6.45, 7) is 5.97. The Morgan fingerprint density at radius 2 is 2.35 bits per heavy atom. The van der Waals surface area contributed by atoms with Crippen molar-refractivity contribution in [2.45, 2.75) is 51.6 Å². The Labute approximate surface area is 118 Å². The van der Waals surface area contributed by atoms with Crippen LogP contribution in [0.15, 0.2) is 16.9 Å². The summed E-state index contributed by atoms with van der Waals surface area (Å²) in [5.41, 5.74) is 0. The van der Waals surface area contributed by atoms with E-state index in [1.165, 1.54) is 12.8 Å². The second kappa shape index (κ2) is 5.75. The second-order valence-corrected chi connectivity index (χ2v) is 5.56. The third-order valence-corrected chi connectivity index (χ3v) is 3.65. The molecule has 1 N–H and O–H groups in total. The summed E-state index contributed by atoms with van der Waals surface area (Å²) in [5, 5.41) is 7.50. The molecule has 6 heteroatoms. The zero-order valence-corrected chi connectivity index (χ0v) is 12.0. The predicted octanol–water partition coefficient (Wildman–Crippen LogP) is 1.67. The highest BCUT2D eigenvalue weighted by Crippen LogP contribution is 2.38. The molecule has 3 rings (SSSR count). The smallest absolute Gasteiger partial charge is 0.229 e. The zero-order chi connectivity index (χ0) is 13.9. The summed E-state index contributed by atoms with van der Waals surface area (Å²) in [6.07, 6.45) is 7.04. The normalized spacial score (nSPS) is 16.5. The third-order valence-electron chi connectivity index (χ3n) is 3.65. The molecule has 0 radical (unpaired) electrons. The Hall–Kier alpha value is -1.69. The van der Waals surface area contributed by atoms with Crippen LogP contribution in [0.1, 0.15) is 43.2 Å². The predicted molar refractivity (Wildman–Crippen MR) is 74.4 cm³/mol. The average molecular weight is 275 g/mol. The van der Waals surface area contributed by atoms with Crippen molar-refractivity contribution in [1.82, 2.24) is 25.0 Å². The van der Waals surface area contributed by atoms with Gasteiger partial charge < -0.3 is 14.4 Å². The minimum absolute atomic E-state index is 0.387. The van der Waals surface area contributed by atoms with Gasteiger partial charge in [-0.05, 0) is 26.7 Å². The van der Waals surface area contributed by atoms with Crippen LogP contribution in [0.5, 0.6) is 0 Å². The molecule has 1 aliphatic rings. The van der Waals surface area contributed by atoms with Gasteiger partial charge in [-0.3, -0.25) is 0 Å². The van der Waals surface area contributed by atoms with E-state index in [-0.39, 0.29) is 0 Å². The van der Waals surface area contributed by atoms with Crippen molar-refractivity contribution >= 4 is 0 Å². The number of hydrogen-bond acceptors (Lipinski definition) is 5. The first-order valence-electron chi connectivity index (χ1n) is 7.26. The number of aromatic nitrogens is 4. The van der Waals surface area contributed by atoms with E-state index in [2.05, 4.69) is 31.9 Å². The van der Waals surface area contributed by atoms with Crippen LogP contribution in [0.25, 0.3) is 0 Å². The van der Waals surface area contributed by atoms with Gasteiger partial charge in [0.05, 0.1) is 0 Å². The van der Waals surface area contributed by atoms with Crippen molar-refractivity contribution in [3.63, 3.8) is 0 Å². The molecule has 2 heterocycles. The summed E-state index contributed by atoms with van der Waals surface area (Å²) in [4.78, 5) is 8.65. The fourth-order valence-corrected chi connectivity index (χ4v) is 2.25. The minimum atomic E-state index is 0.387. The average Bonchev–Trinajstić information content (AvgIpc) is 3.05. The number of nitrogens with zero attached hydrogens (tertiary/aromatic N) is 4. The summed E-state index contributed by atoms with van der Waals surface area (Å²) >= 11 is 0. The van der Waals surface area contributed by atoms with Gasteiger partial charge in [-0.1, -0.05) is 5.16 Å². The lowest BCUT2D eigenvalue weighted by molar-refractivity contribution is 0.373. The fourth-order valence-electron chi connectivity index (χ4n) is 2.25. The lowest BCUT2D eigenvalue weighted by atomic mass is 10.3. The van der Waals surface area contributed by atoms with Gasteiger partial charge in [0.25, 0.3) is 0 Å². The first kappa shape index (κ1) is 13.3. The molecule has 0 aliphatic heterocycles. The van der Waals surface area contributed by atoms with Crippen LogP contribution >= 0.6 is 0 Å². The van der Waals surface area contributed by atoms with Crippen LogP contribution in [-0.4, -0.2) is 32.3 Å². The molecule has 0 aromatic carbocycles. The number of imidazole rings is 1. The maximum absolute atomic E-state index is 5.25. The molecule has 1 saturated carbocycles. The van der Waals surface area contributed by atoms with Gasteiger partial charge in [-0.15, -0.1) is 0 Å². The maximum atomic E-state index is 5.25. The highest BCUT2D eigenvalue weighted by atomic mass is 16.5. The van der Waals surface area contributed by atoms with Gasteiger partial charge in [0.15, 0.2) is 5.82 Å². The Balaban J connectivity index is 1.41. The lowest BCUT2D eigenvalue weighted by Gasteiger charge is -2.14. The Morgan fingerprint density at radius 3 is 3.05 bits per heavy atom. The summed E-state index contributed by atoms with van der Waals surface area (Å²) in [7, 11) is 0. The number of nitrogens with one attached hydrogen (secondary N) is 1. The van der Waals surface area contributed by atoms with Crippen molar-refractivity contribution in [2.75, 3.05) is 6.54 Å². The SMILES string of the molecule is Cc1nccn1C[C@@H](C)NCCc1noc(C2CC2)n1. The molecule has 20 heavy (non-hydrogen) atoms. The lowest BCUT2D eigenvalue weighted by Crippen LogP contribution is -2.32.